The van der Waals surface area contributed by atoms with Gasteiger partial charge in [-0.15, -0.1) is 11.3 Å². The molecule has 1 amide bonds. The number of carbonyl (C=O) groups excluding carboxylic acids is 2. The molecule has 2 heterocycles. The van der Waals surface area contributed by atoms with Crippen molar-refractivity contribution in [1.82, 2.24) is 5.16 Å². The number of nitrogens with two attached hydrogens (primary N) is 1. The lowest BCUT2D eigenvalue weighted by atomic mass is 9.92. The Hall–Kier alpha value is -2.69. The summed E-state index contributed by atoms with van der Waals surface area (Å²) < 4.78 is 33.7. The second-order valence-corrected chi connectivity index (χ2v) is 9.63. The van der Waals surface area contributed by atoms with Gasteiger partial charge < -0.3 is 10.3 Å². The van der Waals surface area contributed by atoms with Gasteiger partial charge in [-0.1, -0.05) is 28.4 Å². The molecule has 0 saturated heterocycles. The molecule has 1 aromatic carbocycles. The van der Waals surface area contributed by atoms with Crippen molar-refractivity contribution < 1.29 is 22.5 Å². The Morgan fingerprint density at radius 1 is 1.23 bits per heavy atom. The minimum Gasteiger partial charge on any atom is -0.365 e. The lowest BCUT2D eigenvalue weighted by molar-refractivity contribution is 0.0997. The van der Waals surface area contributed by atoms with Crippen molar-refractivity contribution in [2.45, 2.75) is 32.6 Å². The maximum absolute atomic E-state index is 13.3. The number of carbonyl (C=O) groups is 2. The highest BCUT2D eigenvalue weighted by Gasteiger charge is 2.32. The number of benzene rings is 1. The van der Waals surface area contributed by atoms with E-state index in [0.29, 0.717) is 22.4 Å². The molecule has 0 spiro atoms. The normalized spacial score (nSPS) is 11.5. The first kappa shape index (κ1) is 22.0. The van der Waals surface area contributed by atoms with Gasteiger partial charge >= 0.3 is 0 Å². The van der Waals surface area contributed by atoms with Crippen LogP contribution in [0.2, 0.25) is 5.02 Å². The van der Waals surface area contributed by atoms with Gasteiger partial charge in [-0.3, -0.25) is 9.59 Å². The largest absolute Gasteiger partial charge is 0.365 e. The number of aryl methyl sites for hydroxylation is 3. The Morgan fingerprint density at radius 3 is 2.43 bits per heavy atom. The molecule has 158 valence electrons. The highest BCUT2D eigenvalue weighted by molar-refractivity contribution is 7.93. The molecule has 30 heavy (non-hydrogen) atoms. The lowest BCUT2D eigenvalue weighted by Gasteiger charge is -2.14. The van der Waals surface area contributed by atoms with Crippen LogP contribution in [-0.2, 0) is 10.0 Å². The number of primary amides is 1. The molecule has 0 aliphatic rings. The average molecular weight is 468 g/mol. The molecule has 2 aromatic heterocycles. The number of nitrogens with one attached hydrogen (secondary N) is 1. The number of aromatic nitrogens is 1. The number of rotatable bonds is 6. The number of hydrogen-bond acceptors (Lipinski definition) is 7. The Morgan fingerprint density at radius 2 is 1.90 bits per heavy atom. The van der Waals surface area contributed by atoms with Crippen LogP contribution >= 0.6 is 22.9 Å². The zero-order valence-corrected chi connectivity index (χ0v) is 18.9. The minimum atomic E-state index is -4.37. The number of anilines is 1. The smallest absolute Gasteiger partial charge is 0.266 e. The predicted octanol–water partition coefficient (Wildman–Crippen LogP) is 4.08. The van der Waals surface area contributed by atoms with Crippen LogP contribution in [0.3, 0.4) is 0 Å². The van der Waals surface area contributed by atoms with E-state index in [0.717, 1.165) is 16.9 Å². The lowest BCUT2D eigenvalue weighted by Crippen LogP contribution is -2.19. The molecule has 3 rings (SSSR count). The zero-order chi connectivity index (χ0) is 22.4. The van der Waals surface area contributed by atoms with Gasteiger partial charge in [0, 0.05) is 16.5 Å². The van der Waals surface area contributed by atoms with Gasteiger partial charge in [0.15, 0.2) is 5.78 Å². The predicted molar refractivity (Wildman–Crippen MR) is 115 cm³/mol. The van der Waals surface area contributed by atoms with Crippen LogP contribution in [0.15, 0.2) is 26.9 Å². The second-order valence-electron chi connectivity index (χ2n) is 6.75. The summed E-state index contributed by atoms with van der Waals surface area (Å²) in [6.07, 6.45) is 0. The van der Waals surface area contributed by atoms with Crippen molar-refractivity contribution >= 4 is 50.5 Å². The number of amides is 1. The van der Waals surface area contributed by atoms with E-state index in [1.165, 1.54) is 12.3 Å². The van der Waals surface area contributed by atoms with Crippen LogP contribution in [0.1, 0.15) is 43.8 Å². The number of hydrogen-bond donors (Lipinski definition) is 2. The van der Waals surface area contributed by atoms with E-state index < -0.39 is 15.9 Å². The Kier molecular flexibility index (Phi) is 5.76. The fourth-order valence-corrected chi connectivity index (χ4v) is 5.96. The molecule has 3 aromatic rings. The number of thiophene rings is 1. The molecule has 0 bridgehead atoms. The molecule has 11 heteroatoms. The van der Waals surface area contributed by atoms with Gasteiger partial charge in [-0.05, 0) is 44.9 Å². The topological polar surface area (TPSA) is 132 Å². The SMILES string of the molecule is CC(=O)c1cc(C)cc(C)c1-c1csc(C(N)=O)c1S(=O)(=O)Nc1onc(C)c1Cl. The Balaban J connectivity index is 2.30. The number of halogens is 1. The van der Waals surface area contributed by atoms with Crippen LogP contribution in [0.4, 0.5) is 5.88 Å². The van der Waals surface area contributed by atoms with E-state index in [1.807, 2.05) is 13.0 Å². The van der Waals surface area contributed by atoms with Gasteiger partial charge in [-0.25, -0.2) is 13.1 Å². The summed E-state index contributed by atoms with van der Waals surface area (Å²) in [4.78, 5) is 23.8. The summed E-state index contributed by atoms with van der Waals surface area (Å²) >= 11 is 6.90. The first-order valence-corrected chi connectivity index (χ1v) is 11.4. The molecule has 0 fully saturated rings. The average Bonchev–Trinajstić information content (AvgIpc) is 3.20. The third kappa shape index (κ3) is 3.85. The van der Waals surface area contributed by atoms with E-state index in [-0.39, 0.29) is 32.0 Å². The number of nitrogens with zero attached hydrogens (tertiary/aromatic N) is 1. The van der Waals surface area contributed by atoms with Crippen LogP contribution in [0.5, 0.6) is 0 Å². The summed E-state index contributed by atoms with van der Waals surface area (Å²) in [5.41, 5.74) is 8.20. The molecule has 0 unspecified atom stereocenters. The number of sulfonamides is 1. The van der Waals surface area contributed by atoms with Crippen molar-refractivity contribution in [3.63, 3.8) is 0 Å². The van der Waals surface area contributed by atoms with Crippen molar-refractivity contribution in [3.8, 4) is 11.1 Å². The summed E-state index contributed by atoms with van der Waals surface area (Å²) in [5, 5.41) is 5.10. The van der Waals surface area contributed by atoms with E-state index in [4.69, 9.17) is 21.9 Å². The van der Waals surface area contributed by atoms with E-state index in [1.54, 1.807) is 19.9 Å². The van der Waals surface area contributed by atoms with Gasteiger partial charge in [0.1, 0.15) is 20.5 Å². The standard InChI is InChI=1S/C19H18ClN3O5S2/c1-8-5-9(2)14(12(6-8)11(4)24)13-7-29-16(18(21)25)17(13)30(26,27)23-19-15(20)10(3)22-28-19/h5-7,23H,1-4H3,(H2,21,25). The maximum atomic E-state index is 13.3. The van der Waals surface area contributed by atoms with Crippen LogP contribution in [-0.4, -0.2) is 25.3 Å². The minimum absolute atomic E-state index is 0.00748. The maximum Gasteiger partial charge on any atom is 0.266 e. The Labute approximate surface area is 182 Å². The number of Topliss-reactive ketones (excluding diaryl/α,β-unsaturated/α-hetero) is 1. The highest BCUT2D eigenvalue weighted by Crippen LogP contribution is 2.40. The highest BCUT2D eigenvalue weighted by atomic mass is 35.5. The van der Waals surface area contributed by atoms with Gasteiger partial charge in [0.2, 0.25) is 0 Å². The molecule has 0 saturated carbocycles. The molecular weight excluding hydrogens is 450 g/mol. The first-order valence-electron chi connectivity index (χ1n) is 8.62. The van der Waals surface area contributed by atoms with Crippen molar-refractivity contribution in [3.05, 3.63) is 49.8 Å². The van der Waals surface area contributed by atoms with Gasteiger partial charge in [0.05, 0.1) is 0 Å². The van der Waals surface area contributed by atoms with Gasteiger partial charge in [0.25, 0.3) is 21.8 Å². The summed E-state index contributed by atoms with van der Waals surface area (Å²) in [6.45, 7) is 6.53. The van der Waals surface area contributed by atoms with Crippen molar-refractivity contribution in [2.24, 2.45) is 5.73 Å². The Bertz CT molecular complexity index is 1290. The first-order chi connectivity index (χ1) is 13.9. The van der Waals surface area contributed by atoms with Crippen LogP contribution in [0, 0.1) is 20.8 Å². The van der Waals surface area contributed by atoms with Crippen molar-refractivity contribution in [2.75, 3.05) is 4.72 Å². The molecule has 8 nitrogen and oxygen atoms in total. The van der Waals surface area contributed by atoms with E-state index >= 15 is 0 Å². The summed E-state index contributed by atoms with van der Waals surface area (Å²) in [6, 6.07) is 3.50. The molecule has 0 aliphatic carbocycles. The van der Waals surface area contributed by atoms with E-state index in [2.05, 4.69) is 9.88 Å². The van der Waals surface area contributed by atoms with Crippen LogP contribution in [0.25, 0.3) is 11.1 Å². The third-order valence-electron chi connectivity index (χ3n) is 4.38. The monoisotopic (exact) mass is 467 g/mol. The quantitative estimate of drug-likeness (QED) is 0.525. The molecule has 0 aliphatic heterocycles. The fourth-order valence-electron chi connectivity index (χ4n) is 3.15. The molecule has 0 atom stereocenters. The number of ketones is 1. The summed E-state index contributed by atoms with van der Waals surface area (Å²) in [5.74, 6) is -1.44. The third-order valence-corrected chi connectivity index (χ3v) is 7.37. The van der Waals surface area contributed by atoms with E-state index in [9.17, 15) is 18.0 Å². The summed E-state index contributed by atoms with van der Waals surface area (Å²) in [7, 11) is -4.37. The van der Waals surface area contributed by atoms with Gasteiger partial charge in [-0.2, -0.15) is 0 Å². The molecule has 3 N–H and O–H groups in total. The zero-order valence-electron chi connectivity index (χ0n) is 16.5. The fraction of sp³-hybridized carbons (Fsp3) is 0.211. The second kappa shape index (κ2) is 7.86. The molecular formula is C19H18ClN3O5S2. The van der Waals surface area contributed by atoms with Crippen molar-refractivity contribution in [1.29, 1.82) is 0 Å². The van der Waals surface area contributed by atoms with Crippen LogP contribution < -0.4 is 10.5 Å². The molecule has 0 radical (unpaired) electrons.